The number of aliphatic hydroxyl groups is 2. The molecule has 4 aromatic rings. The molecule has 0 saturated carbocycles. The number of ether oxygens (including phenoxy) is 2. The van der Waals surface area contributed by atoms with Crippen molar-refractivity contribution < 1.29 is 56.2 Å². The maximum atomic E-state index is 12.1. The third-order valence-corrected chi connectivity index (χ3v) is 7.98. The zero-order chi connectivity index (χ0) is 35.2. The van der Waals surface area contributed by atoms with E-state index >= 15 is 0 Å². The molecular formula is C28H30N6O12S2. The Balaban J connectivity index is 1.86. The number of anilines is 2. The molecule has 0 radical (unpaired) electrons. The van der Waals surface area contributed by atoms with Gasteiger partial charge in [0.15, 0.2) is 5.75 Å². The second kappa shape index (κ2) is 14.9. The summed E-state index contributed by atoms with van der Waals surface area (Å²) in [5, 5.41) is 48.5. The van der Waals surface area contributed by atoms with Crippen LogP contribution in [-0.2, 0) is 14.9 Å². The first kappa shape index (κ1) is 35.9. The van der Waals surface area contributed by atoms with Crippen LogP contribution in [0.1, 0.15) is 6.92 Å². The lowest BCUT2D eigenvalue weighted by Crippen LogP contribution is -2.07. The number of phenols is 1. The fourth-order valence-corrected chi connectivity index (χ4v) is 5.53. The molecule has 20 heteroatoms. The van der Waals surface area contributed by atoms with Gasteiger partial charge in [0.1, 0.15) is 63.2 Å². The van der Waals surface area contributed by atoms with E-state index in [0.29, 0.717) is 5.39 Å². The summed E-state index contributed by atoms with van der Waals surface area (Å²) in [5.41, 5.74) is 5.06. The minimum absolute atomic E-state index is 0.0574. The fourth-order valence-electron chi connectivity index (χ4n) is 4.20. The number of hydrogen-bond acceptors (Lipinski definition) is 16. The second-order valence-corrected chi connectivity index (χ2v) is 12.6. The summed E-state index contributed by atoms with van der Waals surface area (Å²) in [5.74, 6) is -1.31. The normalized spacial score (nSPS) is 12.6. The van der Waals surface area contributed by atoms with Gasteiger partial charge in [-0.3, -0.25) is 9.35 Å². The van der Waals surface area contributed by atoms with E-state index in [9.17, 15) is 46.7 Å². The van der Waals surface area contributed by atoms with Crippen LogP contribution >= 0.6 is 10.9 Å². The number of azo groups is 2. The highest BCUT2D eigenvalue weighted by atomic mass is 32.3. The van der Waals surface area contributed by atoms with Crippen molar-refractivity contribution in [3.63, 3.8) is 0 Å². The predicted molar refractivity (Wildman–Crippen MR) is 174 cm³/mol. The van der Waals surface area contributed by atoms with Gasteiger partial charge in [0, 0.05) is 35.8 Å². The van der Waals surface area contributed by atoms with Crippen molar-refractivity contribution in [1.82, 2.24) is 0 Å². The van der Waals surface area contributed by atoms with Gasteiger partial charge in [0.2, 0.25) is 5.91 Å². The Labute approximate surface area is 274 Å². The van der Waals surface area contributed by atoms with Crippen LogP contribution in [0.2, 0.25) is 0 Å². The van der Waals surface area contributed by atoms with Crippen LogP contribution in [0.15, 0.2) is 84.8 Å². The lowest BCUT2D eigenvalue weighted by Gasteiger charge is -2.22. The van der Waals surface area contributed by atoms with Gasteiger partial charge >= 0.3 is 0 Å². The smallest absolute Gasteiger partial charge is 0.296 e. The largest absolute Gasteiger partial charge is 0.505 e. The van der Waals surface area contributed by atoms with E-state index in [2.05, 4.69) is 25.8 Å². The van der Waals surface area contributed by atoms with Crippen LogP contribution in [-0.4, -0.2) is 74.3 Å². The highest BCUT2D eigenvalue weighted by Gasteiger charge is 2.26. The number of carbonyl (C=O) groups is 1. The lowest BCUT2D eigenvalue weighted by molar-refractivity contribution is -0.114. The minimum atomic E-state index is -4.84. The van der Waals surface area contributed by atoms with E-state index in [4.69, 9.17) is 15.2 Å². The van der Waals surface area contributed by atoms with E-state index in [1.54, 1.807) is 0 Å². The fraction of sp³-hybridized carbons (Fsp3) is 0.179. The molecule has 0 saturated heterocycles. The molecule has 18 nitrogen and oxygen atoms in total. The summed E-state index contributed by atoms with van der Waals surface area (Å²) in [6.07, 6.45) is 0. The summed E-state index contributed by atoms with van der Waals surface area (Å²) in [6, 6.07) is 11.4. The van der Waals surface area contributed by atoms with Gasteiger partial charge in [-0.2, -0.15) is 8.42 Å². The molecule has 0 spiro atoms. The number of hydrogen-bond donors (Lipinski definition) is 9. The molecule has 0 aromatic heterocycles. The maximum Gasteiger partial charge on any atom is 0.296 e. The van der Waals surface area contributed by atoms with Crippen molar-refractivity contribution in [2.24, 2.45) is 20.5 Å². The Morgan fingerprint density at radius 1 is 0.792 bits per heavy atom. The standard InChI is InChI=1S/C28H30N6O12S2/c1-15(37)30-18-4-5-20(25(12-18)47(39,40)41)31-32-21-13-24(46-9-7-36)22(14-23(21)45-8-6-35)33-34-27-26(48(42,43)44)10-16-2-3-17(29)11-19(16)28(27)38/h2-5,10-14,35-36,38,42-44H,6-9,29H2,1H3,(H,30,37)(H,39,40,41). The third kappa shape index (κ3) is 8.70. The number of nitrogen functional groups attached to an aromatic ring is 1. The molecular weight excluding hydrogens is 676 g/mol. The summed E-state index contributed by atoms with van der Waals surface area (Å²) in [4.78, 5) is 10.2. The van der Waals surface area contributed by atoms with E-state index < -0.39 is 61.3 Å². The summed E-state index contributed by atoms with van der Waals surface area (Å²) < 4.78 is 75.3. The van der Waals surface area contributed by atoms with Gasteiger partial charge in [-0.05, 0) is 41.8 Å². The monoisotopic (exact) mass is 706 g/mol. The van der Waals surface area contributed by atoms with E-state index in [1.807, 2.05) is 0 Å². The van der Waals surface area contributed by atoms with Crippen molar-refractivity contribution in [2.45, 2.75) is 16.7 Å². The van der Waals surface area contributed by atoms with E-state index in [-0.39, 0.29) is 58.5 Å². The molecule has 0 atom stereocenters. The van der Waals surface area contributed by atoms with Crippen LogP contribution in [0.4, 0.5) is 34.1 Å². The Hall–Kier alpha value is -4.93. The number of nitrogens with zero attached hydrogens (tertiary/aromatic N) is 4. The highest BCUT2D eigenvalue weighted by Crippen LogP contribution is 2.54. The van der Waals surface area contributed by atoms with Crippen LogP contribution in [0.25, 0.3) is 10.8 Å². The molecule has 0 bridgehead atoms. The first-order valence-electron chi connectivity index (χ1n) is 13.6. The summed E-state index contributed by atoms with van der Waals surface area (Å²) in [7, 11) is -9.28. The minimum Gasteiger partial charge on any atom is -0.505 e. The molecule has 0 aliphatic rings. The van der Waals surface area contributed by atoms with Crippen molar-refractivity contribution in [2.75, 3.05) is 37.5 Å². The molecule has 256 valence electrons. The van der Waals surface area contributed by atoms with Crippen LogP contribution < -0.4 is 20.5 Å². The second-order valence-electron chi connectivity index (χ2n) is 9.74. The van der Waals surface area contributed by atoms with Crippen molar-refractivity contribution in [3.8, 4) is 17.2 Å². The van der Waals surface area contributed by atoms with E-state index in [0.717, 1.165) is 6.07 Å². The summed E-state index contributed by atoms with van der Waals surface area (Å²) >= 11 is 0. The Kier molecular flexibility index (Phi) is 11.1. The van der Waals surface area contributed by atoms with Gasteiger partial charge in [-0.1, -0.05) is 6.07 Å². The molecule has 0 unspecified atom stereocenters. The molecule has 4 aromatic carbocycles. The van der Waals surface area contributed by atoms with Crippen molar-refractivity contribution in [3.05, 3.63) is 54.6 Å². The summed E-state index contributed by atoms with van der Waals surface area (Å²) in [6.45, 7) is -0.221. The third-order valence-electron chi connectivity index (χ3n) is 6.19. The van der Waals surface area contributed by atoms with Gasteiger partial charge < -0.3 is 49.5 Å². The number of nitrogens with two attached hydrogens (primary N) is 1. The Morgan fingerprint density at radius 3 is 1.92 bits per heavy atom. The Morgan fingerprint density at radius 2 is 1.38 bits per heavy atom. The SMILES string of the molecule is CC(=O)Nc1ccc(N=Nc2cc(OCCO)c(N=Nc3c(S(O)(O)O)cc4ccc(N)cc4c3O)cc2OCCO)c(S(=O)(=O)O)c1. The first-order valence-corrected chi connectivity index (χ1v) is 16.5. The Bertz CT molecular complexity index is 2020. The molecule has 1 amide bonds. The number of benzene rings is 4. The quantitative estimate of drug-likeness (QED) is 0.0472. The molecule has 4 rings (SSSR count). The van der Waals surface area contributed by atoms with Gasteiger partial charge in [-0.15, -0.1) is 20.5 Å². The number of fused-ring (bicyclic) bond motifs is 1. The molecule has 0 aliphatic heterocycles. The van der Waals surface area contributed by atoms with Gasteiger partial charge in [0.05, 0.1) is 18.1 Å². The average molecular weight is 707 g/mol. The maximum absolute atomic E-state index is 12.1. The molecule has 0 fully saturated rings. The van der Waals surface area contributed by atoms with Crippen LogP contribution in [0.5, 0.6) is 17.2 Å². The van der Waals surface area contributed by atoms with Gasteiger partial charge in [0.25, 0.3) is 10.1 Å². The van der Waals surface area contributed by atoms with E-state index in [1.165, 1.54) is 55.5 Å². The number of aliphatic hydroxyl groups excluding tert-OH is 2. The first-order chi connectivity index (χ1) is 22.6. The topological polar surface area (TPSA) is 299 Å². The number of phenolic OH excluding ortho intramolecular Hbond substituents is 1. The zero-order valence-corrected chi connectivity index (χ0v) is 26.5. The zero-order valence-electron chi connectivity index (χ0n) is 24.9. The number of rotatable bonds is 13. The molecule has 48 heavy (non-hydrogen) atoms. The average Bonchev–Trinajstić information content (AvgIpc) is 3.01. The number of nitrogens with one attached hydrogen (secondary N) is 1. The van der Waals surface area contributed by atoms with Crippen molar-refractivity contribution >= 4 is 71.8 Å². The number of amides is 1. The molecule has 0 heterocycles. The van der Waals surface area contributed by atoms with Gasteiger partial charge in [-0.25, -0.2) is 0 Å². The predicted octanol–water partition coefficient (Wildman–Crippen LogP) is 5.49. The lowest BCUT2D eigenvalue weighted by atomic mass is 10.1. The molecule has 0 aliphatic carbocycles. The highest BCUT2D eigenvalue weighted by molar-refractivity contribution is 8.19. The van der Waals surface area contributed by atoms with Crippen LogP contribution in [0, 0.1) is 0 Å². The number of aromatic hydroxyl groups is 1. The van der Waals surface area contributed by atoms with Crippen molar-refractivity contribution in [1.29, 1.82) is 0 Å². The molecule has 10 N–H and O–H groups in total. The van der Waals surface area contributed by atoms with Crippen LogP contribution in [0.3, 0.4) is 0 Å². The number of carbonyl (C=O) groups excluding carboxylic acids is 1.